The summed E-state index contributed by atoms with van der Waals surface area (Å²) in [4.78, 5) is 27.8. The second-order valence-electron chi connectivity index (χ2n) is 10.0. The van der Waals surface area contributed by atoms with Crippen molar-refractivity contribution < 1.29 is 9.59 Å². The van der Waals surface area contributed by atoms with E-state index in [0.29, 0.717) is 13.0 Å². The Balaban J connectivity index is 1.13. The molecule has 1 aliphatic heterocycles. The van der Waals surface area contributed by atoms with Crippen molar-refractivity contribution in [1.82, 2.24) is 5.32 Å². The zero-order valence-electron chi connectivity index (χ0n) is 17.0. The Hall–Kier alpha value is -1.84. The Morgan fingerprint density at radius 2 is 1.71 bits per heavy atom. The fourth-order valence-corrected chi connectivity index (χ4v) is 7.08. The minimum Gasteiger partial charge on any atom is -0.356 e. The van der Waals surface area contributed by atoms with Crippen LogP contribution in [0, 0.1) is 23.2 Å². The fourth-order valence-electron chi connectivity index (χ4n) is 7.08. The summed E-state index contributed by atoms with van der Waals surface area (Å²) in [7, 11) is 0. The number of rotatable bonds is 5. The largest absolute Gasteiger partial charge is 0.356 e. The Bertz CT molecular complexity index is 751. The summed E-state index contributed by atoms with van der Waals surface area (Å²) in [6.07, 6.45) is 9.54. The molecule has 4 saturated carbocycles. The summed E-state index contributed by atoms with van der Waals surface area (Å²) in [5.74, 6) is 2.82. The molecule has 6 rings (SSSR count). The van der Waals surface area contributed by atoms with Crippen LogP contribution in [0.4, 0.5) is 5.69 Å². The second-order valence-corrected chi connectivity index (χ2v) is 10.0. The number of carbonyl (C=O) groups excluding carboxylic acids is 2. The van der Waals surface area contributed by atoms with Crippen molar-refractivity contribution in [3.05, 3.63) is 29.8 Å². The molecule has 4 aliphatic carbocycles. The first kappa shape index (κ1) is 18.2. The third-order valence-corrected chi connectivity index (χ3v) is 7.85. The molecule has 1 heterocycles. The lowest BCUT2D eigenvalue weighted by Gasteiger charge is -2.55. The molecule has 0 unspecified atom stereocenters. The highest BCUT2D eigenvalue weighted by atomic mass is 16.2. The number of carbonyl (C=O) groups is 2. The summed E-state index contributed by atoms with van der Waals surface area (Å²) in [6, 6.07) is 8.44. The molecule has 5 aliphatic rings. The van der Waals surface area contributed by atoms with Gasteiger partial charge in [0, 0.05) is 30.1 Å². The molecule has 0 aromatic heterocycles. The molecular formula is C24H32N2O2. The highest BCUT2D eigenvalue weighted by Crippen LogP contribution is 2.60. The van der Waals surface area contributed by atoms with Crippen molar-refractivity contribution >= 4 is 17.5 Å². The number of fused-ring (bicyclic) bond motifs is 1. The lowest BCUT2D eigenvalue weighted by atomic mass is 9.49. The number of hydrogen-bond donors (Lipinski definition) is 1. The Kier molecular flexibility index (Phi) is 4.48. The summed E-state index contributed by atoms with van der Waals surface area (Å²) >= 11 is 0. The van der Waals surface area contributed by atoms with Crippen molar-refractivity contribution in [3.63, 3.8) is 0 Å². The van der Waals surface area contributed by atoms with E-state index in [-0.39, 0.29) is 23.3 Å². The van der Waals surface area contributed by atoms with Crippen LogP contribution >= 0.6 is 0 Å². The third kappa shape index (κ3) is 3.05. The molecule has 1 aromatic carbocycles. The first-order valence-corrected chi connectivity index (χ1v) is 11.2. The van der Waals surface area contributed by atoms with Gasteiger partial charge in [0.15, 0.2) is 0 Å². The molecule has 2 amide bonds. The summed E-state index contributed by atoms with van der Waals surface area (Å²) in [5.41, 5.74) is 2.25. The zero-order valence-corrected chi connectivity index (χ0v) is 17.0. The van der Waals surface area contributed by atoms with Crippen molar-refractivity contribution in [3.8, 4) is 0 Å². The van der Waals surface area contributed by atoms with Crippen molar-refractivity contribution in [1.29, 1.82) is 0 Å². The van der Waals surface area contributed by atoms with Crippen LogP contribution in [0.25, 0.3) is 0 Å². The molecule has 4 nitrogen and oxygen atoms in total. The Morgan fingerprint density at radius 3 is 2.39 bits per heavy atom. The first-order chi connectivity index (χ1) is 13.5. The molecule has 0 spiro atoms. The van der Waals surface area contributed by atoms with E-state index in [4.69, 9.17) is 0 Å². The van der Waals surface area contributed by atoms with E-state index < -0.39 is 0 Å². The van der Waals surface area contributed by atoms with Gasteiger partial charge in [-0.3, -0.25) is 9.59 Å². The van der Waals surface area contributed by atoms with Gasteiger partial charge in [-0.05, 0) is 87.7 Å². The molecule has 0 saturated heterocycles. The van der Waals surface area contributed by atoms with Crippen LogP contribution in [0.2, 0.25) is 0 Å². The summed E-state index contributed by atoms with van der Waals surface area (Å²) < 4.78 is 0. The number of nitrogens with one attached hydrogen (secondary N) is 1. The summed E-state index contributed by atoms with van der Waals surface area (Å²) in [6.45, 7) is 2.74. The molecule has 4 bridgehead atoms. The van der Waals surface area contributed by atoms with E-state index in [1.807, 2.05) is 23.1 Å². The van der Waals surface area contributed by atoms with Gasteiger partial charge in [0.1, 0.15) is 0 Å². The fraction of sp³-hybridized carbons (Fsp3) is 0.667. The third-order valence-electron chi connectivity index (χ3n) is 7.85. The number of hydrogen-bond acceptors (Lipinski definition) is 2. The molecule has 28 heavy (non-hydrogen) atoms. The Labute approximate surface area is 168 Å². The molecule has 0 radical (unpaired) electrons. The van der Waals surface area contributed by atoms with E-state index in [0.717, 1.165) is 55.5 Å². The average molecular weight is 381 g/mol. The average Bonchev–Trinajstić information content (AvgIpc) is 2.99. The summed E-state index contributed by atoms with van der Waals surface area (Å²) in [5, 5.41) is 3.21. The normalized spacial score (nSPS) is 35.1. The van der Waals surface area contributed by atoms with Crippen LogP contribution in [0.1, 0.15) is 63.9 Å². The molecule has 1 atom stereocenters. The van der Waals surface area contributed by atoms with E-state index in [9.17, 15) is 9.59 Å². The van der Waals surface area contributed by atoms with E-state index >= 15 is 0 Å². The Morgan fingerprint density at radius 1 is 1.07 bits per heavy atom. The molecule has 150 valence electrons. The van der Waals surface area contributed by atoms with Gasteiger partial charge in [0.2, 0.25) is 11.8 Å². The van der Waals surface area contributed by atoms with Crippen molar-refractivity contribution in [2.75, 3.05) is 11.4 Å². The van der Waals surface area contributed by atoms with Gasteiger partial charge in [0.05, 0.1) is 0 Å². The lowest BCUT2D eigenvalue weighted by Crippen LogP contribution is -2.53. The highest BCUT2D eigenvalue weighted by molar-refractivity contribution is 5.96. The van der Waals surface area contributed by atoms with Crippen LogP contribution in [0.3, 0.4) is 0 Å². The van der Waals surface area contributed by atoms with Crippen molar-refractivity contribution in [2.24, 2.45) is 23.2 Å². The minimum absolute atomic E-state index is 0.0822. The predicted octanol–water partition coefficient (Wildman–Crippen LogP) is 4.08. The first-order valence-electron chi connectivity index (χ1n) is 11.2. The van der Waals surface area contributed by atoms with Crippen LogP contribution in [-0.2, 0) is 16.0 Å². The van der Waals surface area contributed by atoms with Crippen LogP contribution in [0.5, 0.6) is 0 Å². The van der Waals surface area contributed by atoms with Gasteiger partial charge in [-0.25, -0.2) is 0 Å². The number of anilines is 1. The number of nitrogens with zero attached hydrogens (tertiary/aromatic N) is 1. The van der Waals surface area contributed by atoms with Crippen LogP contribution in [-0.4, -0.2) is 24.4 Å². The second kappa shape index (κ2) is 6.89. The van der Waals surface area contributed by atoms with Gasteiger partial charge in [-0.2, -0.15) is 0 Å². The smallest absolute Gasteiger partial charge is 0.227 e. The van der Waals surface area contributed by atoms with E-state index in [2.05, 4.69) is 18.3 Å². The monoisotopic (exact) mass is 380 g/mol. The maximum absolute atomic E-state index is 13.0. The van der Waals surface area contributed by atoms with Gasteiger partial charge < -0.3 is 10.2 Å². The predicted molar refractivity (Wildman–Crippen MR) is 110 cm³/mol. The molecular weight excluding hydrogens is 348 g/mol. The topological polar surface area (TPSA) is 49.4 Å². The van der Waals surface area contributed by atoms with Gasteiger partial charge in [0.25, 0.3) is 0 Å². The molecule has 4 heteroatoms. The molecule has 1 N–H and O–H groups in total. The van der Waals surface area contributed by atoms with Crippen molar-refractivity contribution in [2.45, 2.75) is 70.8 Å². The minimum atomic E-state index is -0.0822. The zero-order chi connectivity index (χ0) is 19.3. The molecule has 4 fully saturated rings. The van der Waals surface area contributed by atoms with E-state index in [1.165, 1.54) is 24.8 Å². The van der Waals surface area contributed by atoms with Crippen LogP contribution in [0.15, 0.2) is 24.3 Å². The maximum Gasteiger partial charge on any atom is 0.227 e. The lowest BCUT2D eigenvalue weighted by molar-refractivity contribution is -0.146. The SMILES string of the molecule is C[C@@H]1Cc2ccccc2N1C(=O)CCCNC(=O)C12CC3CC(CC(C3)C1)C2. The van der Waals surface area contributed by atoms with Crippen LogP contribution < -0.4 is 10.2 Å². The number of para-hydroxylation sites is 1. The maximum atomic E-state index is 13.0. The molecule has 1 aromatic rings. The van der Waals surface area contributed by atoms with E-state index in [1.54, 1.807) is 0 Å². The van der Waals surface area contributed by atoms with Gasteiger partial charge >= 0.3 is 0 Å². The van der Waals surface area contributed by atoms with Gasteiger partial charge in [-0.15, -0.1) is 0 Å². The number of amides is 2. The highest BCUT2D eigenvalue weighted by Gasteiger charge is 2.54. The standard InChI is InChI=1S/C24H32N2O2/c1-16-9-20-5-2-3-6-21(20)26(16)22(27)7-4-8-25-23(28)24-13-17-10-18(14-24)12-19(11-17)15-24/h2-3,5-6,16-19H,4,7-15H2,1H3,(H,25,28)/t16-,17?,18?,19?,24?/m1/s1. The van der Waals surface area contributed by atoms with Gasteiger partial charge in [-0.1, -0.05) is 18.2 Å². The number of benzene rings is 1. The quantitative estimate of drug-likeness (QED) is 0.783.